The van der Waals surface area contributed by atoms with E-state index in [0.29, 0.717) is 21.3 Å². The smallest absolute Gasteiger partial charge is 0.316 e. The summed E-state index contributed by atoms with van der Waals surface area (Å²) in [5.74, 6) is -1.47. The fourth-order valence-electron chi connectivity index (χ4n) is 2.72. The summed E-state index contributed by atoms with van der Waals surface area (Å²) in [6.07, 6.45) is 1.44. The van der Waals surface area contributed by atoms with E-state index in [2.05, 4.69) is 0 Å². The number of carbonyl (C=O) groups excluding carboxylic acids is 3. The van der Waals surface area contributed by atoms with Crippen LogP contribution in [0.1, 0.15) is 17.0 Å². The Morgan fingerprint density at radius 3 is 2.28 bits per heavy atom. The van der Waals surface area contributed by atoms with Gasteiger partial charge in [0.05, 0.1) is 10.7 Å². The maximum Gasteiger partial charge on any atom is 0.328 e. The van der Waals surface area contributed by atoms with E-state index in [4.69, 9.17) is 23.2 Å². The number of halogens is 2. The molecule has 25 heavy (non-hydrogen) atoms. The van der Waals surface area contributed by atoms with Crippen molar-refractivity contribution in [3.8, 4) is 5.69 Å². The van der Waals surface area contributed by atoms with Gasteiger partial charge in [-0.3, -0.25) is 20.2 Å². The van der Waals surface area contributed by atoms with Gasteiger partial charge in [0, 0.05) is 16.4 Å². The van der Waals surface area contributed by atoms with Gasteiger partial charge in [-0.15, -0.1) is 0 Å². The van der Waals surface area contributed by atoms with Gasteiger partial charge in [-0.1, -0.05) is 23.2 Å². The van der Waals surface area contributed by atoms with Crippen LogP contribution in [0.15, 0.2) is 29.8 Å². The second kappa shape index (κ2) is 6.38. The first kappa shape index (κ1) is 17.3. The molecule has 1 aromatic carbocycles. The molecule has 1 aromatic heterocycles. The Morgan fingerprint density at radius 1 is 1.00 bits per heavy atom. The highest BCUT2D eigenvalue weighted by molar-refractivity contribution is 6.34. The number of benzene rings is 1. The summed E-state index contributed by atoms with van der Waals surface area (Å²) < 4.78 is 1.88. The number of amides is 4. The van der Waals surface area contributed by atoms with Crippen LogP contribution in [0.5, 0.6) is 0 Å². The van der Waals surface area contributed by atoms with E-state index in [1.54, 1.807) is 18.2 Å². The number of urea groups is 1. The summed E-state index contributed by atoms with van der Waals surface area (Å²) in [7, 11) is 0. The molecule has 0 atom stereocenters. The average Bonchev–Trinajstić information content (AvgIpc) is 2.80. The molecule has 0 unspecified atom stereocenters. The first-order chi connectivity index (χ1) is 11.8. The van der Waals surface area contributed by atoms with Crippen LogP contribution in [0.25, 0.3) is 11.8 Å². The van der Waals surface area contributed by atoms with Crippen LogP contribution in [-0.4, -0.2) is 22.4 Å². The largest absolute Gasteiger partial charge is 0.328 e. The topological polar surface area (TPSA) is 80.2 Å². The number of hydrogen-bond donors (Lipinski definition) is 2. The molecule has 0 spiro atoms. The number of carbonyl (C=O) groups is 3. The second-order valence-corrected chi connectivity index (χ2v) is 6.40. The highest BCUT2D eigenvalue weighted by Crippen LogP contribution is 2.29. The maximum absolute atomic E-state index is 11.9. The molecule has 3 rings (SSSR count). The van der Waals surface area contributed by atoms with Gasteiger partial charge in [0.1, 0.15) is 5.57 Å². The van der Waals surface area contributed by atoms with E-state index in [-0.39, 0.29) is 5.57 Å². The standard InChI is InChI=1S/C17H13Cl2N3O3/c1-8-5-10(6-12-15(23)20-17(25)21-16(12)24)9(2)22(8)14-7-11(18)3-4-13(14)19/h3-7H,1-2H3,(H2,20,21,23,24,25). The third kappa shape index (κ3) is 3.18. The number of nitrogens with one attached hydrogen (secondary N) is 2. The van der Waals surface area contributed by atoms with Crippen molar-refractivity contribution in [2.24, 2.45) is 0 Å². The zero-order valence-corrected chi connectivity index (χ0v) is 14.8. The SMILES string of the molecule is Cc1cc(C=C2C(=O)NC(=O)NC2=O)c(C)n1-c1cc(Cl)ccc1Cl. The van der Waals surface area contributed by atoms with Crippen molar-refractivity contribution in [1.82, 2.24) is 15.2 Å². The fraction of sp³-hybridized carbons (Fsp3) is 0.118. The Morgan fingerprint density at radius 2 is 1.64 bits per heavy atom. The van der Waals surface area contributed by atoms with Crippen LogP contribution in [0.2, 0.25) is 10.0 Å². The van der Waals surface area contributed by atoms with Gasteiger partial charge >= 0.3 is 6.03 Å². The average molecular weight is 378 g/mol. The van der Waals surface area contributed by atoms with Gasteiger partial charge in [0.2, 0.25) is 0 Å². The Kier molecular flexibility index (Phi) is 4.41. The van der Waals surface area contributed by atoms with Crippen molar-refractivity contribution in [3.63, 3.8) is 0 Å². The van der Waals surface area contributed by atoms with E-state index >= 15 is 0 Å². The molecular formula is C17H13Cl2N3O3. The molecule has 1 aliphatic rings. The molecule has 128 valence electrons. The normalized spacial score (nSPS) is 14.4. The molecule has 1 aliphatic heterocycles. The monoisotopic (exact) mass is 377 g/mol. The third-order valence-electron chi connectivity index (χ3n) is 3.86. The molecule has 0 aliphatic carbocycles. The van der Waals surface area contributed by atoms with Gasteiger partial charge in [0.15, 0.2) is 0 Å². The molecule has 0 radical (unpaired) electrons. The van der Waals surface area contributed by atoms with Crippen LogP contribution in [0.4, 0.5) is 4.79 Å². The van der Waals surface area contributed by atoms with Crippen LogP contribution in [-0.2, 0) is 9.59 Å². The number of aryl methyl sites for hydroxylation is 1. The molecule has 2 heterocycles. The van der Waals surface area contributed by atoms with Gasteiger partial charge in [-0.05, 0) is 49.8 Å². The van der Waals surface area contributed by atoms with Crippen LogP contribution < -0.4 is 10.6 Å². The minimum atomic E-state index is -0.830. The Hall–Kier alpha value is -2.57. The van der Waals surface area contributed by atoms with E-state index in [1.807, 2.05) is 35.1 Å². The lowest BCUT2D eigenvalue weighted by atomic mass is 10.1. The molecule has 0 bridgehead atoms. The lowest BCUT2D eigenvalue weighted by Gasteiger charge is -2.14. The summed E-state index contributed by atoms with van der Waals surface area (Å²) in [5.41, 5.74) is 2.83. The highest BCUT2D eigenvalue weighted by Gasteiger charge is 2.28. The van der Waals surface area contributed by atoms with Crippen LogP contribution >= 0.6 is 23.2 Å². The molecule has 1 saturated heterocycles. The minimum absolute atomic E-state index is 0.142. The molecule has 2 aromatic rings. The summed E-state index contributed by atoms with van der Waals surface area (Å²) in [6.45, 7) is 3.71. The fourth-order valence-corrected chi connectivity index (χ4v) is 3.09. The molecular weight excluding hydrogens is 365 g/mol. The van der Waals surface area contributed by atoms with Crippen molar-refractivity contribution in [2.75, 3.05) is 0 Å². The Balaban J connectivity index is 2.11. The predicted octanol–water partition coefficient (Wildman–Crippen LogP) is 3.15. The quantitative estimate of drug-likeness (QED) is 0.622. The zero-order chi connectivity index (χ0) is 18.3. The van der Waals surface area contributed by atoms with Crippen molar-refractivity contribution in [1.29, 1.82) is 0 Å². The van der Waals surface area contributed by atoms with Gasteiger partial charge in [0.25, 0.3) is 11.8 Å². The van der Waals surface area contributed by atoms with Crippen molar-refractivity contribution < 1.29 is 14.4 Å². The number of aromatic nitrogens is 1. The Labute approximate surface area is 153 Å². The predicted molar refractivity (Wildman–Crippen MR) is 94.9 cm³/mol. The van der Waals surface area contributed by atoms with Gasteiger partial charge < -0.3 is 4.57 Å². The van der Waals surface area contributed by atoms with Crippen molar-refractivity contribution >= 4 is 47.1 Å². The lowest BCUT2D eigenvalue weighted by Crippen LogP contribution is -2.51. The molecule has 4 amide bonds. The van der Waals surface area contributed by atoms with E-state index in [0.717, 1.165) is 11.4 Å². The highest BCUT2D eigenvalue weighted by atomic mass is 35.5. The van der Waals surface area contributed by atoms with E-state index in [9.17, 15) is 14.4 Å². The molecule has 8 heteroatoms. The van der Waals surface area contributed by atoms with E-state index in [1.165, 1.54) is 6.08 Å². The van der Waals surface area contributed by atoms with Gasteiger partial charge in [-0.25, -0.2) is 4.79 Å². The molecule has 2 N–H and O–H groups in total. The minimum Gasteiger partial charge on any atom is -0.316 e. The third-order valence-corrected chi connectivity index (χ3v) is 4.42. The molecule has 6 nitrogen and oxygen atoms in total. The maximum atomic E-state index is 11.9. The van der Waals surface area contributed by atoms with Crippen LogP contribution in [0.3, 0.4) is 0 Å². The van der Waals surface area contributed by atoms with Crippen molar-refractivity contribution in [2.45, 2.75) is 13.8 Å². The first-order valence-electron chi connectivity index (χ1n) is 7.30. The van der Waals surface area contributed by atoms with Crippen molar-refractivity contribution in [3.05, 3.63) is 56.8 Å². The summed E-state index contributed by atoms with van der Waals surface area (Å²) in [5, 5.41) is 5.15. The van der Waals surface area contributed by atoms with Gasteiger partial charge in [-0.2, -0.15) is 0 Å². The number of imide groups is 2. The first-order valence-corrected chi connectivity index (χ1v) is 8.06. The summed E-state index contributed by atoms with van der Waals surface area (Å²) in [4.78, 5) is 34.9. The Bertz CT molecular complexity index is 938. The number of hydrogen-bond acceptors (Lipinski definition) is 3. The number of barbiturate groups is 1. The number of rotatable bonds is 2. The summed E-state index contributed by atoms with van der Waals surface area (Å²) >= 11 is 12.3. The summed E-state index contributed by atoms with van der Waals surface area (Å²) in [6, 6.07) is 6.11. The van der Waals surface area contributed by atoms with Crippen LogP contribution in [0, 0.1) is 13.8 Å². The molecule has 0 saturated carbocycles. The van der Waals surface area contributed by atoms with E-state index < -0.39 is 17.8 Å². The number of nitrogens with zero attached hydrogens (tertiary/aromatic N) is 1. The zero-order valence-electron chi connectivity index (χ0n) is 13.3. The molecule has 1 fully saturated rings. The second-order valence-electron chi connectivity index (χ2n) is 5.55. The lowest BCUT2D eigenvalue weighted by molar-refractivity contribution is -0.123.